The van der Waals surface area contributed by atoms with Gasteiger partial charge in [0.2, 0.25) is 0 Å². The van der Waals surface area contributed by atoms with E-state index in [4.69, 9.17) is 4.74 Å². The number of aromatic nitrogens is 3. The maximum atomic E-state index is 12.4. The Morgan fingerprint density at radius 1 is 1.24 bits per heavy atom. The number of aryl methyl sites for hydroxylation is 1. The van der Waals surface area contributed by atoms with E-state index in [9.17, 15) is 9.59 Å². The number of ether oxygens (including phenoxy) is 1. The summed E-state index contributed by atoms with van der Waals surface area (Å²) in [6.45, 7) is 5.16. The van der Waals surface area contributed by atoms with Gasteiger partial charge in [0, 0.05) is 32.7 Å². The molecule has 1 saturated heterocycles. The summed E-state index contributed by atoms with van der Waals surface area (Å²) in [4.78, 5) is 36.5. The summed E-state index contributed by atoms with van der Waals surface area (Å²) in [5, 5.41) is 3.69. The number of hydrogen-bond acceptors (Lipinski definition) is 8. The summed E-state index contributed by atoms with van der Waals surface area (Å²) in [6.07, 6.45) is 11.3. The summed E-state index contributed by atoms with van der Waals surface area (Å²) >= 11 is 0. The Hall–Kier alpha value is -3.04. The maximum Gasteiger partial charge on any atom is 0.270 e. The van der Waals surface area contributed by atoms with Gasteiger partial charge >= 0.3 is 0 Å². The number of carbonyl (C=O) groups is 1. The smallest absolute Gasteiger partial charge is 0.270 e. The number of anilines is 1. The van der Waals surface area contributed by atoms with Crippen molar-refractivity contribution in [3.8, 4) is 5.75 Å². The lowest BCUT2D eigenvalue weighted by atomic mass is 10.0. The zero-order valence-corrected chi connectivity index (χ0v) is 19.7. The molecular formula is C25H32N6O3. The van der Waals surface area contributed by atoms with Crippen LogP contribution in [0.5, 0.6) is 5.75 Å². The zero-order valence-electron chi connectivity index (χ0n) is 19.7. The van der Waals surface area contributed by atoms with E-state index in [1.54, 1.807) is 10.6 Å². The first-order valence-electron chi connectivity index (χ1n) is 12.1. The van der Waals surface area contributed by atoms with Gasteiger partial charge in [-0.15, -0.1) is 0 Å². The van der Waals surface area contributed by atoms with Crippen molar-refractivity contribution in [2.75, 3.05) is 38.2 Å². The third-order valence-electron chi connectivity index (χ3n) is 7.15. The number of piperidine rings is 1. The number of aldehydes is 1. The van der Waals surface area contributed by atoms with Crippen molar-refractivity contribution >= 4 is 18.2 Å². The number of likely N-dealkylation sites (N-methyl/N-ethyl adjacent to an activating group) is 1. The number of pyridine rings is 1. The molecule has 0 saturated carbocycles. The fraction of sp³-hybridized carbons (Fsp3) is 0.520. The number of nitrogens with one attached hydrogen (secondary N) is 1. The highest BCUT2D eigenvalue weighted by molar-refractivity contribution is 5.76. The van der Waals surface area contributed by atoms with Crippen molar-refractivity contribution in [3.63, 3.8) is 0 Å². The second-order valence-corrected chi connectivity index (χ2v) is 9.37. The lowest BCUT2D eigenvalue weighted by Crippen LogP contribution is -2.47. The average Bonchev–Trinajstić information content (AvgIpc) is 3.20. The van der Waals surface area contributed by atoms with Crippen molar-refractivity contribution in [1.29, 1.82) is 0 Å². The van der Waals surface area contributed by atoms with Crippen LogP contribution in [-0.4, -0.2) is 71.1 Å². The first-order valence-corrected chi connectivity index (χ1v) is 12.1. The lowest BCUT2D eigenvalue weighted by Gasteiger charge is -2.35. The van der Waals surface area contributed by atoms with Gasteiger partial charge in [0.05, 0.1) is 30.7 Å². The summed E-state index contributed by atoms with van der Waals surface area (Å²) in [6, 6.07) is 2.86. The third kappa shape index (κ3) is 4.76. The molecule has 0 spiro atoms. The van der Waals surface area contributed by atoms with Gasteiger partial charge in [-0.1, -0.05) is 0 Å². The molecule has 9 nitrogen and oxygen atoms in total. The maximum absolute atomic E-state index is 12.4. The van der Waals surface area contributed by atoms with Gasteiger partial charge in [-0.3, -0.25) is 19.1 Å². The molecule has 9 heteroatoms. The van der Waals surface area contributed by atoms with Crippen molar-refractivity contribution < 1.29 is 9.53 Å². The third-order valence-corrected chi connectivity index (χ3v) is 7.15. The summed E-state index contributed by atoms with van der Waals surface area (Å²) in [5.41, 5.74) is 2.91. The molecule has 5 rings (SSSR count). The minimum atomic E-state index is -0.0992. The fourth-order valence-corrected chi connectivity index (χ4v) is 5.24. The molecule has 5 heterocycles. The number of rotatable bonds is 7. The van der Waals surface area contributed by atoms with Crippen LogP contribution in [0.4, 0.5) is 5.82 Å². The topological polar surface area (TPSA) is 92.6 Å². The monoisotopic (exact) mass is 464 g/mol. The van der Waals surface area contributed by atoms with Crippen LogP contribution >= 0.6 is 0 Å². The predicted octanol–water partition coefficient (Wildman–Crippen LogP) is 1.25. The van der Waals surface area contributed by atoms with Crippen LogP contribution in [0.2, 0.25) is 0 Å². The number of likely N-dealkylation sites (tertiary alicyclic amines) is 1. The molecule has 1 N–H and O–H groups in total. The molecule has 34 heavy (non-hydrogen) atoms. The molecule has 0 bridgehead atoms. The molecule has 180 valence electrons. The Labute approximate surface area is 199 Å². The normalized spacial score (nSPS) is 20.9. The van der Waals surface area contributed by atoms with Gasteiger partial charge in [0.15, 0.2) is 0 Å². The number of nitrogens with zero attached hydrogens (tertiary/aromatic N) is 5. The molecule has 0 aromatic carbocycles. The molecule has 1 fully saturated rings. The Morgan fingerprint density at radius 2 is 2.09 bits per heavy atom. The molecule has 3 aliphatic heterocycles. The number of allylic oxidation sites excluding steroid dienone is 1. The standard InChI is InChI=1S/C25H32N6O3/c1-29-21(17-31-24(33)15-28-22(25(29)31)5-2-10-32)16-30-8-6-19(7-9-30)26-13-20-12-18-4-3-11-34-23(18)14-27-20/h2,5,10,12,14-15,19,21,26H,3-4,6-9,11,13,16-17H2,1H3/b5-2-. The van der Waals surface area contributed by atoms with Crippen molar-refractivity contribution in [2.45, 2.75) is 50.9 Å². The second kappa shape index (κ2) is 10.1. The minimum Gasteiger partial charge on any atom is -0.492 e. The largest absolute Gasteiger partial charge is 0.492 e. The first kappa shape index (κ1) is 22.7. The summed E-state index contributed by atoms with van der Waals surface area (Å²) < 4.78 is 7.44. The molecule has 2 aromatic rings. The summed E-state index contributed by atoms with van der Waals surface area (Å²) in [5.74, 6) is 1.72. The number of fused-ring (bicyclic) bond motifs is 2. The Bertz CT molecular complexity index is 1120. The molecule has 1 atom stereocenters. The van der Waals surface area contributed by atoms with E-state index in [0.717, 1.165) is 82.0 Å². The Morgan fingerprint density at radius 3 is 2.91 bits per heavy atom. The van der Waals surface area contributed by atoms with E-state index in [0.29, 0.717) is 18.3 Å². The molecule has 0 amide bonds. The van der Waals surface area contributed by atoms with Gasteiger partial charge in [0.25, 0.3) is 5.56 Å². The quantitative estimate of drug-likeness (QED) is 0.484. The van der Waals surface area contributed by atoms with Gasteiger partial charge in [0.1, 0.15) is 23.5 Å². The highest BCUT2D eigenvalue weighted by Gasteiger charge is 2.32. The number of hydrogen-bond donors (Lipinski definition) is 1. The van der Waals surface area contributed by atoms with Crippen molar-refractivity contribution in [2.24, 2.45) is 0 Å². The zero-order chi connectivity index (χ0) is 23.5. The van der Waals surface area contributed by atoms with Crippen LogP contribution in [-0.2, 0) is 24.3 Å². The van der Waals surface area contributed by atoms with Crippen LogP contribution in [0.15, 0.2) is 29.3 Å². The van der Waals surface area contributed by atoms with Gasteiger partial charge in [-0.25, -0.2) is 4.98 Å². The van der Waals surface area contributed by atoms with Crippen LogP contribution in [0.3, 0.4) is 0 Å². The predicted molar refractivity (Wildman–Crippen MR) is 130 cm³/mol. The lowest BCUT2D eigenvalue weighted by molar-refractivity contribution is -0.104. The molecule has 0 aliphatic carbocycles. The van der Waals surface area contributed by atoms with E-state index in [-0.39, 0.29) is 11.6 Å². The molecule has 0 radical (unpaired) electrons. The number of carbonyl (C=O) groups excluding carboxylic acids is 1. The molecule has 1 unspecified atom stereocenters. The van der Waals surface area contributed by atoms with Gasteiger partial charge < -0.3 is 19.9 Å². The molecule has 3 aliphatic rings. The average molecular weight is 465 g/mol. The minimum absolute atomic E-state index is 0.0992. The SMILES string of the molecule is CN1c2c(/C=C\C=O)ncc(=O)n2CC1CN1CCC(NCc2cc3c(cn2)OCCC3)CC1. The van der Waals surface area contributed by atoms with Gasteiger partial charge in [-0.05, 0) is 62.6 Å². The molecule has 2 aromatic heterocycles. The van der Waals surface area contributed by atoms with E-state index in [2.05, 4.69) is 31.2 Å². The fourth-order valence-electron chi connectivity index (χ4n) is 5.24. The highest BCUT2D eigenvalue weighted by Crippen LogP contribution is 2.27. The van der Waals surface area contributed by atoms with Crippen molar-refractivity contribution in [3.05, 3.63) is 51.8 Å². The van der Waals surface area contributed by atoms with E-state index in [1.165, 1.54) is 17.8 Å². The molecular weight excluding hydrogens is 432 g/mol. The Balaban J connectivity index is 1.13. The van der Waals surface area contributed by atoms with E-state index in [1.807, 2.05) is 13.2 Å². The van der Waals surface area contributed by atoms with Crippen LogP contribution in [0.25, 0.3) is 6.08 Å². The van der Waals surface area contributed by atoms with E-state index < -0.39 is 0 Å². The van der Waals surface area contributed by atoms with Crippen LogP contribution < -0.4 is 20.5 Å². The van der Waals surface area contributed by atoms with Crippen LogP contribution in [0, 0.1) is 0 Å². The highest BCUT2D eigenvalue weighted by atomic mass is 16.5. The van der Waals surface area contributed by atoms with Crippen molar-refractivity contribution in [1.82, 2.24) is 24.8 Å². The summed E-state index contributed by atoms with van der Waals surface area (Å²) in [7, 11) is 2.01. The van der Waals surface area contributed by atoms with Crippen LogP contribution in [0.1, 0.15) is 36.2 Å². The Kier molecular flexibility index (Phi) is 6.73. The van der Waals surface area contributed by atoms with Gasteiger partial charge in [-0.2, -0.15) is 0 Å². The first-order chi connectivity index (χ1) is 16.6. The second-order valence-electron chi connectivity index (χ2n) is 9.37. The van der Waals surface area contributed by atoms with E-state index >= 15 is 0 Å².